The molecule has 0 aliphatic rings. The lowest BCUT2D eigenvalue weighted by atomic mass is 10.3. The molecule has 7 heteroatoms. The molecule has 0 radical (unpaired) electrons. The summed E-state index contributed by atoms with van der Waals surface area (Å²) in [4.78, 5) is 17.3. The van der Waals surface area contributed by atoms with Crippen molar-refractivity contribution in [3.63, 3.8) is 0 Å². The predicted octanol–water partition coefficient (Wildman–Crippen LogP) is 4.14. The topological polar surface area (TPSA) is 52.9 Å². The molecule has 1 aromatic carbocycles. The molecule has 1 amide bonds. The van der Waals surface area contributed by atoms with E-state index < -0.39 is 5.91 Å². The molecule has 0 heterocycles. The maximum absolute atomic E-state index is 11.7. The van der Waals surface area contributed by atoms with Crippen molar-refractivity contribution in [3.05, 3.63) is 40.1 Å². The van der Waals surface area contributed by atoms with Gasteiger partial charge in [-0.25, -0.2) is 0 Å². The van der Waals surface area contributed by atoms with Crippen molar-refractivity contribution in [2.24, 2.45) is 4.99 Å². The van der Waals surface area contributed by atoms with Gasteiger partial charge >= 0.3 is 0 Å². The standard InChI is InChI=1S/C13H14Cl2N2O2S/c1-8(7-18)12(19)16-13(20-3)17(2)10-6-4-5-9(14)11(10)15/h4-7,18H,1-3H3. The van der Waals surface area contributed by atoms with E-state index in [1.54, 1.807) is 36.4 Å². The van der Waals surface area contributed by atoms with E-state index in [1.807, 2.05) is 0 Å². The summed E-state index contributed by atoms with van der Waals surface area (Å²) in [7, 11) is 1.73. The fraction of sp³-hybridized carbons (Fsp3) is 0.231. The molecule has 0 atom stereocenters. The van der Waals surface area contributed by atoms with Crippen molar-refractivity contribution in [1.82, 2.24) is 0 Å². The fourth-order valence-corrected chi connectivity index (χ4v) is 2.31. The molecule has 108 valence electrons. The van der Waals surface area contributed by atoms with E-state index in [4.69, 9.17) is 28.3 Å². The minimum absolute atomic E-state index is 0.155. The Hall–Kier alpha value is -1.17. The highest BCUT2D eigenvalue weighted by molar-refractivity contribution is 8.13. The van der Waals surface area contributed by atoms with Crippen LogP contribution in [-0.4, -0.2) is 29.5 Å². The summed E-state index contributed by atoms with van der Waals surface area (Å²) in [6.07, 6.45) is 2.52. The third-order valence-corrected chi connectivity index (χ3v) is 4.03. The first-order valence-electron chi connectivity index (χ1n) is 5.58. The number of carbonyl (C=O) groups excluding carboxylic acids is 1. The van der Waals surface area contributed by atoms with Gasteiger partial charge in [0.1, 0.15) is 0 Å². The molecule has 1 rings (SSSR count). The number of halogens is 2. The summed E-state index contributed by atoms with van der Waals surface area (Å²) in [6, 6.07) is 5.22. The SMILES string of the molecule is CSC(=NC(=O)C(C)=CO)N(C)c1cccc(Cl)c1Cl. The van der Waals surface area contributed by atoms with Crippen molar-refractivity contribution in [1.29, 1.82) is 0 Å². The molecule has 0 aromatic heterocycles. The minimum atomic E-state index is -0.512. The molecule has 0 saturated carbocycles. The van der Waals surface area contributed by atoms with Crippen LogP contribution in [0.3, 0.4) is 0 Å². The van der Waals surface area contributed by atoms with Crippen LogP contribution >= 0.6 is 35.0 Å². The number of aliphatic imine (C=N–C) groups is 1. The van der Waals surface area contributed by atoms with Crippen LogP contribution in [0.15, 0.2) is 35.0 Å². The van der Waals surface area contributed by atoms with Gasteiger partial charge in [0.2, 0.25) is 0 Å². The van der Waals surface area contributed by atoms with E-state index in [2.05, 4.69) is 4.99 Å². The van der Waals surface area contributed by atoms with Crippen molar-refractivity contribution >= 4 is 51.7 Å². The van der Waals surface area contributed by atoms with Crippen molar-refractivity contribution in [3.8, 4) is 0 Å². The van der Waals surface area contributed by atoms with E-state index in [0.29, 0.717) is 20.9 Å². The summed E-state index contributed by atoms with van der Waals surface area (Å²) in [6.45, 7) is 1.48. The van der Waals surface area contributed by atoms with Crippen LogP contribution in [0.2, 0.25) is 10.0 Å². The van der Waals surface area contributed by atoms with Crippen LogP contribution in [-0.2, 0) is 4.79 Å². The van der Waals surface area contributed by atoms with Crippen LogP contribution < -0.4 is 4.90 Å². The van der Waals surface area contributed by atoms with Gasteiger partial charge in [-0.3, -0.25) is 4.79 Å². The highest BCUT2D eigenvalue weighted by Gasteiger charge is 2.15. The molecule has 0 unspecified atom stereocenters. The van der Waals surface area contributed by atoms with Gasteiger partial charge < -0.3 is 10.0 Å². The van der Waals surface area contributed by atoms with Crippen molar-refractivity contribution in [2.45, 2.75) is 6.92 Å². The second-order valence-electron chi connectivity index (χ2n) is 3.85. The first-order valence-corrected chi connectivity index (χ1v) is 7.56. The Morgan fingerprint density at radius 3 is 2.65 bits per heavy atom. The minimum Gasteiger partial charge on any atom is -0.515 e. The third-order valence-electron chi connectivity index (χ3n) is 2.49. The molecule has 0 fully saturated rings. The molecular weight excluding hydrogens is 319 g/mol. The molecule has 20 heavy (non-hydrogen) atoms. The number of hydrogen-bond acceptors (Lipinski definition) is 3. The van der Waals surface area contributed by atoms with Crippen LogP contribution in [0.5, 0.6) is 0 Å². The van der Waals surface area contributed by atoms with Gasteiger partial charge in [0.25, 0.3) is 5.91 Å². The number of aliphatic hydroxyl groups excluding tert-OH is 1. The number of amides is 1. The Morgan fingerprint density at radius 2 is 2.10 bits per heavy atom. The Morgan fingerprint density at radius 1 is 1.45 bits per heavy atom. The van der Waals surface area contributed by atoms with Gasteiger partial charge in [0.15, 0.2) is 5.17 Å². The zero-order valence-electron chi connectivity index (χ0n) is 11.2. The summed E-state index contributed by atoms with van der Waals surface area (Å²) >= 11 is 13.4. The smallest absolute Gasteiger partial charge is 0.278 e. The van der Waals surface area contributed by atoms with Crippen LogP contribution in [0.1, 0.15) is 6.92 Å². The van der Waals surface area contributed by atoms with Crippen molar-refractivity contribution in [2.75, 3.05) is 18.2 Å². The monoisotopic (exact) mass is 332 g/mol. The number of benzene rings is 1. The Kier molecular flexibility index (Phi) is 6.39. The summed E-state index contributed by atoms with van der Waals surface area (Å²) in [5, 5.41) is 10.1. The second-order valence-corrected chi connectivity index (χ2v) is 5.41. The molecule has 0 saturated heterocycles. The number of carbonyl (C=O) groups is 1. The van der Waals surface area contributed by atoms with E-state index >= 15 is 0 Å². The van der Waals surface area contributed by atoms with Gasteiger partial charge in [-0.2, -0.15) is 4.99 Å². The molecule has 1 aromatic rings. The number of amidine groups is 1. The van der Waals surface area contributed by atoms with Gasteiger partial charge in [-0.15, -0.1) is 0 Å². The number of nitrogens with zero attached hydrogens (tertiary/aromatic N) is 2. The first-order chi connectivity index (χ1) is 9.42. The zero-order valence-corrected chi connectivity index (χ0v) is 13.6. The fourth-order valence-electron chi connectivity index (χ4n) is 1.34. The van der Waals surface area contributed by atoms with Gasteiger partial charge in [0, 0.05) is 7.05 Å². The van der Waals surface area contributed by atoms with Gasteiger partial charge in [-0.1, -0.05) is 41.0 Å². The lowest BCUT2D eigenvalue weighted by Gasteiger charge is -2.21. The van der Waals surface area contributed by atoms with Gasteiger partial charge in [-0.05, 0) is 25.3 Å². The van der Waals surface area contributed by atoms with E-state index in [0.717, 1.165) is 6.26 Å². The summed E-state index contributed by atoms with van der Waals surface area (Å²) in [5.74, 6) is -0.512. The predicted molar refractivity (Wildman–Crippen MR) is 87.2 cm³/mol. The van der Waals surface area contributed by atoms with Crippen molar-refractivity contribution < 1.29 is 9.90 Å². The molecule has 0 bridgehead atoms. The first kappa shape index (κ1) is 16.9. The maximum Gasteiger partial charge on any atom is 0.278 e. The summed E-state index contributed by atoms with van der Waals surface area (Å²) in [5.41, 5.74) is 0.799. The highest BCUT2D eigenvalue weighted by atomic mass is 35.5. The van der Waals surface area contributed by atoms with E-state index in [-0.39, 0.29) is 5.57 Å². The van der Waals surface area contributed by atoms with Crippen LogP contribution in [0.4, 0.5) is 5.69 Å². The second kappa shape index (κ2) is 7.57. The molecule has 4 nitrogen and oxygen atoms in total. The normalized spacial score (nSPS) is 12.4. The highest BCUT2D eigenvalue weighted by Crippen LogP contribution is 2.32. The maximum atomic E-state index is 11.7. The molecule has 0 spiro atoms. The number of anilines is 1. The van der Waals surface area contributed by atoms with Gasteiger partial charge in [0.05, 0.1) is 27.6 Å². The quantitative estimate of drug-likeness (QED) is 0.383. The van der Waals surface area contributed by atoms with E-state index in [1.165, 1.54) is 18.7 Å². The number of rotatable bonds is 2. The molecule has 0 aliphatic heterocycles. The zero-order chi connectivity index (χ0) is 15.3. The average Bonchev–Trinajstić information content (AvgIpc) is 2.45. The van der Waals surface area contributed by atoms with Crippen LogP contribution in [0, 0.1) is 0 Å². The van der Waals surface area contributed by atoms with E-state index in [9.17, 15) is 4.79 Å². The molecule has 1 N–H and O–H groups in total. The largest absolute Gasteiger partial charge is 0.515 e. The average molecular weight is 333 g/mol. The van der Waals surface area contributed by atoms with Crippen LogP contribution in [0.25, 0.3) is 0 Å². The number of aliphatic hydroxyl groups is 1. The lowest BCUT2D eigenvalue weighted by molar-refractivity contribution is -0.114. The molecule has 0 aliphatic carbocycles. The lowest BCUT2D eigenvalue weighted by Crippen LogP contribution is -2.25. The molecular formula is C13H14Cl2N2O2S. The third kappa shape index (κ3) is 3.91. The Bertz CT molecular complexity index is 573. The number of hydrogen-bond donors (Lipinski definition) is 1. The summed E-state index contributed by atoms with van der Waals surface area (Å²) < 4.78 is 0. The Balaban J connectivity index is 3.15. The number of thioether (sulfide) groups is 1. The Labute approximate surface area is 132 Å².